The van der Waals surface area contributed by atoms with Gasteiger partial charge in [-0.1, -0.05) is 68.4 Å². The highest BCUT2D eigenvalue weighted by Crippen LogP contribution is 2.44. The Bertz CT molecular complexity index is 1210. The normalized spacial score (nSPS) is 13.0. The molecule has 1 aliphatic carbocycles. The van der Waals surface area contributed by atoms with Crippen LogP contribution < -0.4 is 10.6 Å². The average molecular weight is 473 g/mol. The maximum absolute atomic E-state index is 12.9. The van der Waals surface area contributed by atoms with Gasteiger partial charge in [-0.15, -0.1) is 0 Å². The summed E-state index contributed by atoms with van der Waals surface area (Å²) in [6, 6.07) is 21.3. The van der Waals surface area contributed by atoms with Crippen LogP contribution >= 0.6 is 0 Å². The molecule has 1 unspecified atom stereocenters. The van der Waals surface area contributed by atoms with Crippen LogP contribution in [0.2, 0.25) is 0 Å². The number of carbonyl (C=O) groups excluding carboxylic acids is 2. The molecule has 180 valence electrons. The highest BCUT2D eigenvalue weighted by Gasteiger charge is 2.30. The van der Waals surface area contributed by atoms with Gasteiger partial charge in [-0.3, -0.25) is 4.79 Å². The minimum Gasteiger partial charge on any atom is -0.478 e. The van der Waals surface area contributed by atoms with Gasteiger partial charge in [0.2, 0.25) is 5.91 Å². The van der Waals surface area contributed by atoms with Gasteiger partial charge in [-0.2, -0.15) is 0 Å². The van der Waals surface area contributed by atoms with E-state index in [-0.39, 0.29) is 24.0 Å². The third-order valence-corrected chi connectivity index (χ3v) is 6.04. The average Bonchev–Trinajstić information content (AvgIpc) is 3.16. The summed E-state index contributed by atoms with van der Waals surface area (Å²) in [6.45, 7) is 4.05. The fourth-order valence-corrected chi connectivity index (χ4v) is 4.44. The molecule has 1 aliphatic rings. The third kappa shape index (κ3) is 5.51. The van der Waals surface area contributed by atoms with E-state index in [1.54, 1.807) is 12.1 Å². The van der Waals surface area contributed by atoms with Gasteiger partial charge in [0, 0.05) is 11.6 Å². The van der Waals surface area contributed by atoms with E-state index >= 15 is 0 Å². The summed E-state index contributed by atoms with van der Waals surface area (Å²) < 4.78 is 5.59. The lowest BCUT2D eigenvalue weighted by Crippen LogP contribution is -2.45. The van der Waals surface area contributed by atoms with E-state index in [4.69, 9.17) is 4.74 Å². The lowest BCUT2D eigenvalue weighted by Gasteiger charge is -2.21. The smallest absolute Gasteiger partial charge is 0.407 e. The lowest BCUT2D eigenvalue weighted by atomic mass is 9.98. The van der Waals surface area contributed by atoms with Crippen LogP contribution in [0.4, 0.5) is 10.5 Å². The number of amides is 2. The summed E-state index contributed by atoms with van der Waals surface area (Å²) in [5, 5.41) is 14.6. The van der Waals surface area contributed by atoms with E-state index < -0.39 is 24.0 Å². The van der Waals surface area contributed by atoms with Crippen molar-refractivity contribution in [2.24, 2.45) is 5.92 Å². The van der Waals surface area contributed by atoms with Crippen molar-refractivity contribution in [2.45, 2.75) is 32.2 Å². The molecule has 0 radical (unpaired) electrons. The van der Waals surface area contributed by atoms with Crippen LogP contribution in [0.15, 0.2) is 72.8 Å². The van der Waals surface area contributed by atoms with Crippen molar-refractivity contribution < 1.29 is 24.2 Å². The predicted octanol–water partition coefficient (Wildman–Crippen LogP) is 5.28. The molecule has 0 fully saturated rings. The van der Waals surface area contributed by atoms with E-state index in [2.05, 4.69) is 22.8 Å². The Morgan fingerprint density at radius 1 is 0.914 bits per heavy atom. The molecule has 4 rings (SSSR count). The predicted molar refractivity (Wildman–Crippen MR) is 133 cm³/mol. The Balaban J connectivity index is 1.42. The molecule has 35 heavy (non-hydrogen) atoms. The van der Waals surface area contributed by atoms with Crippen molar-refractivity contribution in [1.29, 1.82) is 0 Å². The van der Waals surface area contributed by atoms with E-state index in [0.29, 0.717) is 12.1 Å². The van der Waals surface area contributed by atoms with Crippen LogP contribution in [0.5, 0.6) is 0 Å². The molecular weight excluding hydrogens is 444 g/mol. The number of benzene rings is 3. The zero-order chi connectivity index (χ0) is 24.9. The van der Waals surface area contributed by atoms with Gasteiger partial charge in [0.1, 0.15) is 12.6 Å². The molecule has 3 N–H and O–H groups in total. The molecule has 3 aromatic rings. The van der Waals surface area contributed by atoms with Crippen LogP contribution in [-0.4, -0.2) is 35.7 Å². The second-order valence-electron chi connectivity index (χ2n) is 9.03. The number of aromatic carboxylic acids is 1. The van der Waals surface area contributed by atoms with E-state index in [0.717, 1.165) is 22.3 Å². The number of hydrogen-bond donors (Lipinski definition) is 3. The minimum absolute atomic E-state index is 0.0627. The topological polar surface area (TPSA) is 105 Å². The number of rotatable bonds is 8. The molecule has 0 saturated heterocycles. The summed E-state index contributed by atoms with van der Waals surface area (Å²) in [4.78, 5) is 36.9. The zero-order valence-electron chi connectivity index (χ0n) is 19.7. The maximum atomic E-state index is 12.9. The van der Waals surface area contributed by atoms with Crippen LogP contribution in [-0.2, 0) is 9.53 Å². The van der Waals surface area contributed by atoms with Crippen LogP contribution in [0.3, 0.4) is 0 Å². The van der Waals surface area contributed by atoms with Gasteiger partial charge in [0.15, 0.2) is 0 Å². The molecule has 3 aromatic carbocycles. The van der Waals surface area contributed by atoms with Crippen LogP contribution in [0.1, 0.15) is 47.7 Å². The Morgan fingerprint density at radius 2 is 1.54 bits per heavy atom. The molecular formula is C28H28N2O5. The van der Waals surface area contributed by atoms with Gasteiger partial charge in [0.05, 0.1) is 5.56 Å². The molecule has 0 heterocycles. The largest absolute Gasteiger partial charge is 0.478 e. The number of carbonyl (C=O) groups is 3. The second-order valence-corrected chi connectivity index (χ2v) is 9.03. The monoisotopic (exact) mass is 472 g/mol. The van der Waals surface area contributed by atoms with Crippen LogP contribution in [0, 0.1) is 5.92 Å². The van der Waals surface area contributed by atoms with Gasteiger partial charge in [-0.05, 0) is 52.8 Å². The summed E-state index contributed by atoms with van der Waals surface area (Å²) in [5.41, 5.74) is 4.90. The molecule has 0 aliphatic heterocycles. The second kappa shape index (κ2) is 10.4. The quantitative estimate of drug-likeness (QED) is 0.414. The first-order valence-corrected chi connectivity index (χ1v) is 11.6. The number of anilines is 1. The summed E-state index contributed by atoms with van der Waals surface area (Å²) in [6.07, 6.45) is -0.277. The molecule has 0 aromatic heterocycles. The van der Waals surface area contributed by atoms with Gasteiger partial charge >= 0.3 is 12.1 Å². The Hall–Kier alpha value is -4.13. The Kier molecular flexibility index (Phi) is 7.15. The zero-order valence-corrected chi connectivity index (χ0v) is 19.7. The number of carboxylic acid groups (broad SMARTS) is 1. The molecule has 0 saturated carbocycles. The standard InChI is InChI=1S/C28H28N2O5/c1-17(2)14-25(26(31)29-19-9-7-8-18(15-19)27(32)33)30-28(34)35-16-24-22-12-5-3-10-20(22)21-11-4-6-13-23(21)24/h3-13,15,17,24-25H,14,16H2,1-2H3,(H,29,31)(H,30,34)(H,32,33). The first kappa shape index (κ1) is 24.0. The maximum Gasteiger partial charge on any atom is 0.407 e. The third-order valence-electron chi connectivity index (χ3n) is 6.04. The van der Waals surface area contributed by atoms with Crippen molar-refractivity contribution in [2.75, 3.05) is 11.9 Å². The van der Waals surface area contributed by atoms with Gasteiger partial charge in [-0.25, -0.2) is 9.59 Å². The fraction of sp³-hybridized carbons (Fsp3) is 0.250. The van der Waals surface area contributed by atoms with Gasteiger partial charge < -0.3 is 20.5 Å². The number of carboxylic acids is 1. The summed E-state index contributed by atoms with van der Waals surface area (Å²) in [7, 11) is 0. The molecule has 0 bridgehead atoms. The van der Waals surface area contributed by atoms with Crippen LogP contribution in [0.25, 0.3) is 11.1 Å². The Labute approximate surface area is 204 Å². The highest BCUT2D eigenvalue weighted by molar-refractivity contribution is 5.98. The fourth-order valence-electron chi connectivity index (χ4n) is 4.44. The number of fused-ring (bicyclic) bond motifs is 3. The first-order valence-electron chi connectivity index (χ1n) is 11.6. The number of alkyl carbamates (subject to hydrolysis) is 1. The Morgan fingerprint density at radius 3 is 2.14 bits per heavy atom. The van der Waals surface area contributed by atoms with E-state index in [9.17, 15) is 19.5 Å². The van der Waals surface area contributed by atoms with Crippen molar-refractivity contribution in [3.05, 3.63) is 89.5 Å². The molecule has 0 spiro atoms. The highest BCUT2D eigenvalue weighted by atomic mass is 16.5. The van der Waals surface area contributed by atoms with Crippen molar-refractivity contribution in [3.8, 4) is 11.1 Å². The summed E-state index contributed by atoms with van der Waals surface area (Å²) >= 11 is 0. The van der Waals surface area contributed by atoms with E-state index in [1.807, 2.05) is 50.2 Å². The first-order chi connectivity index (χ1) is 16.8. The summed E-state index contributed by atoms with van der Waals surface area (Å²) in [5.74, 6) is -1.47. The van der Waals surface area contributed by atoms with Crippen molar-refractivity contribution in [1.82, 2.24) is 5.32 Å². The van der Waals surface area contributed by atoms with Gasteiger partial charge in [0.25, 0.3) is 0 Å². The number of hydrogen-bond acceptors (Lipinski definition) is 4. The number of nitrogens with one attached hydrogen (secondary N) is 2. The number of ether oxygens (including phenoxy) is 1. The minimum atomic E-state index is -1.09. The van der Waals surface area contributed by atoms with Crippen molar-refractivity contribution in [3.63, 3.8) is 0 Å². The van der Waals surface area contributed by atoms with Crippen molar-refractivity contribution >= 4 is 23.7 Å². The lowest BCUT2D eigenvalue weighted by molar-refractivity contribution is -0.118. The molecule has 2 amide bonds. The SMILES string of the molecule is CC(C)CC(NC(=O)OCC1c2ccccc2-c2ccccc21)C(=O)Nc1cccc(C(=O)O)c1. The molecule has 7 nitrogen and oxygen atoms in total. The van der Waals surface area contributed by atoms with E-state index in [1.165, 1.54) is 12.1 Å². The molecule has 7 heteroatoms. The molecule has 1 atom stereocenters.